The third kappa shape index (κ3) is 5.11. The number of rotatable bonds is 6. The van der Waals surface area contributed by atoms with Gasteiger partial charge in [0.25, 0.3) is 0 Å². The highest BCUT2D eigenvalue weighted by molar-refractivity contribution is 9.10. The number of nitrogens with zero attached hydrogens (tertiary/aromatic N) is 1. The minimum Gasteiger partial charge on any atom is -0.466 e. The van der Waals surface area contributed by atoms with E-state index in [4.69, 9.17) is 4.74 Å². The number of hydrogen-bond acceptors (Lipinski definition) is 3. The van der Waals surface area contributed by atoms with Crippen molar-refractivity contribution in [2.45, 2.75) is 19.4 Å². The first kappa shape index (κ1) is 16.4. The number of carbonyl (C=O) groups excluding carboxylic acids is 1. The zero-order valence-electron chi connectivity index (χ0n) is 12.4. The Kier molecular flexibility index (Phi) is 6.34. The zero-order chi connectivity index (χ0) is 15.8. The molecule has 2 rings (SSSR count). The predicted octanol–water partition coefficient (Wildman–Crippen LogP) is 4.56. The predicted molar refractivity (Wildman–Crippen MR) is 92.2 cm³/mol. The zero-order valence-corrected chi connectivity index (χ0v) is 14.0. The van der Waals surface area contributed by atoms with Gasteiger partial charge in [0.2, 0.25) is 0 Å². The number of carbonyl (C=O) groups is 1. The van der Waals surface area contributed by atoms with Crippen molar-refractivity contribution in [3.8, 4) is 0 Å². The number of halogens is 1. The van der Waals surface area contributed by atoms with Crippen molar-refractivity contribution in [3.63, 3.8) is 0 Å². The van der Waals surface area contributed by atoms with E-state index in [9.17, 15) is 4.79 Å². The lowest BCUT2D eigenvalue weighted by molar-refractivity contribution is -0.143. The van der Waals surface area contributed by atoms with Crippen LogP contribution in [-0.4, -0.2) is 18.8 Å². The SMILES string of the molecule is CCOC(=O)CC(N=Cc1ccc(Br)cc1)c1ccccc1. The fourth-order valence-corrected chi connectivity index (χ4v) is 2.30. The Labute approximate surface area is 139 Å². The first-order valence-corrected chi connectivity index (χ1v) is 7.97. The van der Waals surface area contributed by atoms with E-state index in [-0.39, 0.29) is 18.4 Å². The van der Waals surface area contributed by atoms with Crippen LogP contribution in [0.4, 0.5) is 0 Å². The number of aliphatic imine (C=N–C) groups is 1. The maximum Gasteiger partial charge on any atom is 0.308 e. The number of benzene rings is 2. The Hall–Kier alpha value is -1.94. The van der Waals surface area contributed by atoms with Crippen molar-refractivity contribution in [3.05, 3.63) is 70.2 Å². The van der Waals surface area contributed by atoms with Crippen molar-refractivity contribution in [2.24, 2.45) is 4.99 Å². The molecule has 0 heterocycles. The molecule has 0 aromatic heterocycles. The fourth-order valence-electron chi connectivity index (χ4n) is 2.03. The van der Waals surface area contributed by atoms with E-state index in [1.165, 1.54) is 0 Å². The van der Waals surface area contributed by atoms with Gasteiger partial charge in [0.05, 0.1) is 19.1 Å². The molecular formula is C18H18BrNO2. The monoisotopic (exact) mass is 359 g/mol. The summed E-state index contributed by atoms with van der Waals surface area (Å²) in [6.45, 7) is 2.19. The third-order valence-electron chi connectivity index (χ3n) is 3.12. The fraction of sp³-hybridized carbons (Fsp3) is 0.222. The van der Waals surface area contributed by atoms with Gasteiger partial charge in [-0.3, -0.25) is 9.79 Å². The molecule has 0 amide bonds. The van der Waals surface area contributed by atoms with Crippen LogP contribution in [-0.2, 0) is 9.53 Å². The maximum absolute atomic E-state index is 11.8. The van der Waals surface area contributed by atoms with Crippen LogP contribution in [0.25, 0.3) is 0 Å². The van der Waals surface area contributed by atoms with Gasteiger partial charge in [-0.25, -0.2) is 0 Å². The molecule has 0 saturated carbocycles. The molecule has 22 heavy (non-hydrogen) atoms. The van der Waals surface area contributed by atoms with Crippen molar-refractivity contribution < 1.29 is 9.53 Å². The topological polar surface area (TPSA) is 38.7 Å². The molecule has 0 fully saturated rings. The molecule has 1 unspecified atom stereocenters. The van der Waals surface area contributed by atoms with Crippen LogP contribution in [0.1, 0.15) is 30.5 Å². The molecule has 0 spiro atoms. The Bertz CT molecular complexity index is 623. The van der Waals surface area contributed by atoms with Crippen LogP contribution < -0.4 is 0 Å². The molecule has 0 radical (unpaired) electrons. The summed E-state index contributed by atoms with van der Waals surface area (Å²) >= 11 is 3.41. The molecule has 3 nitrogen and oxygen atoms in total. The van der Waals surface area contributed by atoms with E-state index in [0.29, 0.717) is 6.61 Å². The van der Waals surface area contributed by atoms with E-state index >= 15 is 0 Å². The van der Waals surface area contributed by atoms with Crippen LogP contribution in [0.15, 0.2) is 64.1 Å². The molecule has 0 saturated heterocycles. The molecule has 0 aliphatic rings. The first-order chi connectivity index (χ1) is 10.7. The minimum atomic E-state index is -0.233. The van der Waals surface area contributed by atoms with E-state index in [1.807, 2.05) is 54.6 Å². The highest BCUT2D eigenvalue weighted by Gasteiger charge is 2.15. The van der Waals surface area contributed by atoms with Crippen LogP contribution >= 0.6 is 15.9 Å². The lowest BCUT2D eigenvalue weighted by Gasteiger charge is -2.12. The summed E-state index contributed by atoms with van der Waals surface area (Å²) in [5.74, 6) is -0.232. The second-order valence-corrected chi connectivity index (χ2v) is 5.68. The average Bonchev–Trinajstić information content (AvgIpc) is 2.54. The molecule has 114 valence electrons. The number of hydrogen-bond donors (Lipinski definition) is 0. The first-order valence-electron chi connectivity index (χ1n) is 7.18. The summed E-state index contributed by atoms with van der Waals surface area (Å²) in [5, 5.41) is 0. The van der Waals surface area contributed by atoms with Crippen LogP contribution in [0.3, 0.4) is 0 Å². The summed E-state index contributed by atoms with van der Waals surface area (Å²) in [7, 11) is 0. The van der Waals surface area contributed by atoms with Gasteiger partial charge in [0.1, 0.15) is 0 Å². The lowest BCUT2D eigenvalue weighted by Crippen LogP contribution is -2.09. The molecular weight excluding hydrogens is 342 g/mol. The summed E-state index contributed by atoms with van der Waals surface area (Å²) in [6.07, 6.45) is 2.04. The van der Waals surface area contributed by atoms with Gasteiger partial charge in [0.15, 0.2) is 0 Å². The van der Waals surface area contributed by atoms with Gasteiger partial charge in [0, 0.05) is 10.7 Å². The summed E-state index contributed by atoms with van der Waals surface area (Å²) in [5.41, 5.74) is 2.00. The highest BCUT2D eigenvalue weighted by Crippen LogP contribution is 2.22. The number of esters is 1. The number of ether oxygens (including phenoxy) is 1. The normalized spacial score (nSPS) is 12.3. The Morgan fingerprint density at radius 3 is 2.50 bits per heavy atom. The van der Waals surface area contributed by atoms with Crippen LogP contribution in [0.5, 0.6) is 0 Å². The molecule has 0 aliphatic carbocycles. The van der Waals surface area contributed by atoms with Gasteiger partial charge >= 0.3 is 5.97 Å². The van der Waals surface area contributed by atoms with Crippen molar-refractivity contribution >= 4 is 28.1 Å². The minimum absolute atomic E-state index is 0.232. The van der Waals surface area contributed by atoms with Crippen molar-refractivity contribution in [1.29, 1.82) is 0 Å². The van der Waals surface area contributed by atoms with Gasteiger partial charge in [-0.05, 0) is 30.2 Å². The largest absolute Gasteiger partial charge is 0.466 e. The quantitative estimate of drug-likeness (QED) is 0.559. The molecule has 2 aromatic rings. The second kappa shape index (κ2) is 8.49. The molecule has 2 aromatic carbocycles. The molecule has 0 bridgehead atoms. The summed E-state index contributed by atoms with van der Waals surface area (Å²) < 4.78 is 6.07. The highest BCUT2D eigenvalue weighted by atomic mass is 79.9. The molecule has 1 atom stereocenters. The lowest BCUT2D eigenvalue weighted by atomic mass is 10.0. The van der Waals surface area contributed by atoms with E-state index in [2.05, 4.69) is 20.9 Å². The van der Waals surface area contributed by atoms with Crippen LogP contribution in [0.2, 0.25) is 0 Å². The summed E-state index contributed by atoms with van der Waals surface area (Å²) in [6, 6.07) is 17.4. The Morgan fingerprint density at radius 2 is 1.86 bits per heavy atom. The van der Waals surface area contributed by atoms with E-state index < -0.39 is 0 Å². The Balaban J connectivity index is 2.17. The molecule has 0 N–H and O–H groups in total. The standard InChI is InChI=1S/C18H18BrNO2/c1-2-22-18(21)12-17(15-6-4-3-5-7-15)20-13-14-8-10-16(19)11-9-14/h3-11,13,17H,2,12H2,1H3. The van der Waals surface area contributed by atoms with Gasteiger partial charge < -0.3 is 4.74 Å². The smallest absolute Gasteiger partial charge is 0.308 e. The van der Waals surface area contributed by atoms with Gasteiger partial charge in [-0.1, -0.05) is 58.4 Å². The molecule has 4 heteroatoms. The third-order valence-corrected chi connectivity index (χ3v) is 3.65. The van der Waals surface area contributed by atoms with Gasteiger partial charge in [-0.2, -0.15) is 0 Å². The van der Waals surface area contributed by atoms with Crippen molar-refractivity contribution in [1.82, 2.24) is 0 Å². The van der Waals surface area contributed by atoms with E-state index in [0.717, 1.165) is 15.6 Å². The maximum atomic E-state index is 11.8. The summed E-state index contributed by atoms with van der Waals surface area (Å²) in [4.78, 5) is 16.4. The Morgan fingerprint density at radius 1 is 1.18 bits per heavy atom. The van der Waals surface area contributed by atoms with Crippen LogP contribution in [0, 0.1) is 0 Å². The van der Waals surface area contributed by atoms with E-state index in [1.54, 1.807) is 13.1 Å². The second-order valence-electron chi connectivity index (χ2n) is 4.77. The van der Waals surface area contributed by atoms with Crippen molar-refractivity contribution in [2.75, 3.05) is 6.61 Å². The molecule has 0 aliphatic heterocycles. The van der Waals surface area contributed by atoms with Gasteiger partial charge in [-0.15, -0.1) is 0 Å². The average molecular weight is 360 g/mol.